The number of halogens is 2. The molecule has 1 aliphatic heterocycles. The predicted molar refractivity (Wildman–Crippen MR) is 105 cm³/mol. The first-order chi connectivity index (χ1) is 10.8. The Bertz CT molecular complexity index is 475. The summed E-state index contributed by atoms with van der Waals surface area (Å²) in [7, 11) is 1.76. The van der Waals surface area contributed by atoms with Gasteiger partial charge in [-0.2, -0.15) is 0 Å². The first-order valence-corrected chi connectivity index (χ1v) is 8.20. The van der Waals surface area contributed by atoms with Crippen LogP contribution < -0.4 is 10.6 Å². The summed E-state index contributed by atoms with van der Waals surface area (Å²) in [5, 5.41) is 6.56. The number of hydrogen-bond donors (Lipinski definition) is 2. The topological polar surface area (TPSA) is 39.7 Å². The zero-order valence-electron chi connectivity index (χ0n) is 13.9. The third kappa shape index (κ3) is 7.48. The monoisotopic (exact) mass is 434 g/mol. The Hall–Kier alpha value is -0.890. The van der Waals surface area contributed by atoms with Gasteiger partial charge in [0.1, 0.15) is 5.82 Å². The Morgan fingerprint density at radius 2 is 1.83 bits per heavy atom. The van der Waals surface area contributed by atoms with Crippen molar-refractivity contribution in [1.29, 1.82) is 0 Å². The SMILES string of the molecule is CN=C(NCCc1ccccc1F)NCCN1CCCCC1.I. The number of aliphatic imine (C=N–C) groups is 1. The maximum atomic E-state index is 13.5. The van der Waals surface area contributed by atoms with E-state index in [2.05, 4.69) is 20.5 Å². The molecular formula is C17H28FIN4. The molecule has 0 radical (unpaired) electrons. The smallest absolute Gasteiger partial charge is 0.191 e. The molecule has 1 fully saturated rings. The lowest BCUT2D eigenvalue weighted by Crippen LogP contribution is -2.43. The Morgan fingerprint density at radius 1 is 1.13 bits per heavy atom. The molecule has 1 aromatic carbocycles. The predicted octanol–water partition coefficient (Wildman–Crippen LogP) is 2.64. The Morgan fingerprint density at radius 3 is 2.52 bits per heavy atom. The lowest BCUT2D eigenvalue weighted by molar-refractivity contribution is 0.232. The molecule has 1 saturated heterocycles. The van der Waals surface area contributed by atoms with Crippen LogP contribution in [-0.4, -0.2) is 50.6 Å². The van der Waals surface area contributed by atoms with Gasteiger partial charge >= 0.3 is 0 Å². The van der Waals surface area contributed by atoms with Gasteiger partial charge in [-0.25, -0.2) is 4.39 Å². The van der Waals surface area contributed by atoms with Gasteiger partial charge in [-0.1, -0.05) is 24.6 Å². The van der Waals surface area contributed by atoms with Crippen molar-refractivity contribution < 1.29 is 4.39 Å². The average Bonchev–Trinajstić information content (AvgIpc) is 2.56. The fraction of sp³-hybridized carbons (Fsp3) is 0.588. The molecule has 1 aromatic rings. The van der Waals surface area contributed by atoms with E-state index in [-0.39, 0.29) is 29.8 Å². The van der Waals surface area contributed by atoms with E-state index in [0.29, 0.717) is 13.0 Å². The van der Waals surface area contributed by atoms with Crippen LogP contribution in [0.25, 0.3) is 0 Å². The second kappa shape index (κ2) is 11.6. The van der Waals surface area contributed by atoms with Crippen LogP contribution >= 0.6 is 24.0 Å². The van der Waals surface area contributed by atoms with Crippen LogP contribution in [0.5, 0.6) is 0 Å². The highest BCUT2D eigenvalue weighted by atomic mass is 127. The van der Waals surface area contributed by atoms with E-state index in [0.717, 1.165) is 24.6 Å². The zero-order valence-corrected chi connectivity index (χ0v) is 16.2. The highest BCUT2D eigenvalue weighted by Crippen LogP contribution is 2.07. The van der Waals surface area contributed by atoms with Crippen molar-refractivity contribution in [2.24, 2.45) is 4.99 Å². The van der Waals surface area contributed by atoms with Crippen molar-refractivity contribution in [1.82, 2.24) is 15.5 Å². The lowest BCUT2D eigenvalue weighted by atomic mass is 10.1. The van der Waals surface area contributed by atoms with Gasteiger partial charge in [-0.15, -0.1) is 24.0 Å². The molecule has 130 valence electrons. The Labute approximate surface area is 156 Å². The molecule has 1 heterocycles. The largest absolute Gasteiger partial charge is 0.356 e. The number of rotatable bonds is 6. The third-order valence-electron chi connectivity index (χ3n) is 4.04. The minimum atomic E-state index is -0.141. The van der Waals surface area contributed by atoms with Crippen LogP contribution in [0.2, 0.25) is 0 Å². The fourth-order valence-corrected chi connectivity index (χ4v) is 2.75. The minimum absolute atomic E-state index is 0. The van der Waals surface area contributed by atoms with E-state index in [9.17, 15) is 4.39 Å². The van der Waals surface area contributed by atoms with E-state index in [1.807, 2.05) is 12.1 Å². The summed E-state index contributed by atoms with van der Waals surface area (Å²) < 4.78 is 13.5. The summed E-state index contributed by atoms with van der Waals surface area (Å²) in [6.07, 6.45) is 4.65. The van der Waals surface area contributed by atoms with E-state index < -0.39 is 0 Å². The average molecular weight is 434 g/mol. The van der Waals surface area contributed by atoms with E-state index in [1.54, 1.807) is 13.1 Å². The second-order valence-corrected chi connectivity index (χ2v) is 5.67. The minimum Gasteiger partial charge on any atom is -0.356 e. The first-order valence-electron chi connectivity index (χ1n) is 8.20. The van der Waals surface area contributed by atoms with Crippen molar-refractivity contribution in [2.45, 2.75) is 25.7 Å². The van der Waals surface area contributed by atoms with Crippen LogP contribution in [0.15, 0.2) is 29.3 Å². The Balaban J connectivity index is 0.00000264. The summed E-state index contributed by atoms with van der Waals surface area (Å²) in [5.41, 5.74) is 0.735. The molecule has 0 aromatic heterocycles. The van der Waals surface area contributed by atoms with Gasteiger partial charge in [0.15, 0.2) is 5.96 Å². The molecule has 2 N–H and O–H groups in total. The number of likely N-dealkylation sites (tertiary alicyclic amines) is 1. The summed E-state index contributed by atoms with van der Waals surface area (Å²) >= 11 is 0. The maximum Gasteiger partial charge on any atom is 0.191 e. The van der Waals surface area contributed by atoms with Crippen molar-refractivity contribution in [3.05, 3.63) is 35.6 Å². The van der Waals surface area contributed by atoms with Gasteiger partial charge in [-0.05, 0) is 44.0 Å². The molecular weight excluding hydrogens is 406 g/mol. The summed E-state index contributed by atoms with van der Waals surface area (Å²) in [4.78, 5) is 6.70. The Kier molecular flexibility index (Phi) is 10.2. The third-order valence-corrected chi connectivity index (χ3v) is 4.04. The van der Waals surface area contributed by atoms with Crippen LogP contribution in [0.3, 0.4) is 0 Å². The van der Waals surface area contributed by atoms with Crippen molar-refractivity contribution in [2.75, 3.05) is 39.8 Å². The number of piperidine rings is 1. The number of benzene rings is 1. The zero-order chi connectivity index (χ0) is 15.6. The molecule has 0 atom stereocenters. The van der Waals surface area contributed by atoms with Gasteiger partial charge in [0.25, 0.3) is 0 Å². The first kappa shape index (κ1) is 20.2. The van der Waals surface area contributed by atoms with Crippen LogP contribution in [0, 0.1) is 5.82 Å². The normalized spacial score (nSPS) is 15.8. The standard InChI is InChI=1S/C17H27FN4.HI/c1-19-17(21-11-14-22-12-5-2-6-13-22)20-10-9-15-7-3-4-8-16(15)18;/h3-4,7-8H,2,5-6,9-14H2,1H3,(H2,19,20,21);1H. The molecule has 2 rings (SSSR count). The summed E-state index contributed by atoms with van der Waals surface area (Å²) in [5.74, 6) is 0.644. The molecule has 0 saturated carbocycles. The molecule has 0 aliphatic carbocycles. The lowest BCUT2D eigenvalue weighted by Gasteiger charge is -2.26. The number of guanidine groups is 1. The second-order valence-electron chi connectivity index (χ2n) is 5.67. The van der Waals surface area contributed by atoms with E-state index in [4.69, 9.17) is 0 Å². The molecule has 6 heteroatoms. The maximum absolute atomic E-state index is 13.5. The quantitative estimate of drug-likeness (QED) is 0.411. The van der Waals surface area contributed by atoms with Crippen molar-refractivity contribution in [3.63, 3.8) is 0 Å². The van der Waals surface area contributed by atoms with Gasteiger partial charge in [0.2, 0.25) is 0 Å². The molecule has 1 aliphatic rings. The summed E-state index contributed by atoms with van der Waals surface area (Å²) in [6.45, 7) is 5.03. The van der Waals surface area contributed by atoms with Gasteiger partial charge in [0.05, 0.1) is 0 Å². The van der Waals surface area contributed by atoms with Gasteiger partial charge < -0.3 is 15.5 Å². The summed E-state index contributed by atoms with van der Waals surface area (Å²) in [6, 6.07) is 6.90. The van der Waals surface area contributed by atoms with Crippen LogP contribution in [-0.2, 0) is 6.42 Å². The van der Waals surface area contributed by atoms with E-state index >= 15 is 0 Å². The van der Waals surface area contributed by atoms with E-state index in [1.165, 1.54) is 38.4 Å². The molecule has 0 unspecified atom stereocenters. The molecule has 0 spiro atoms. The number of hydrogen-bond acceptors (Lipinski definition) is 2. The number of nitrogens with one attached hydrogen (secondary N) is 2. The van der Waals surface area contributed by atoms with Crippen LogP contribution in [0.4, 0.5) is 4.39 Å². The van der Waals surface area contributed by atoms with Crippen molar-refractivity contribution >= 4 is 29.9 Å². The van der Waals surface area contributed by atoms with Gasteiger partial charge in [-0.3, -0.25) is 4.99 Å². The molecule has 23 heavy (non-hydrogen) atoms. The fourth-order valence-electron chi connectivity index (χ4n) is 2.75. The van der Waals surface area contributed by atoms with Gasteiger partial charge in [0, 0.05) is 26.7 Å². The highest BCUT2D eigenvalue weighted by Gasteiger charge is 2.09. The number of nitrogens with zero attached hydrogens (tertiary/aromatic N) is 2. The molecule has 0 bridgehead atoms. The highest BCUT2D eigenvalue weighted by molar-refractivity contribution is 14.0. The molecule has 0 amide bonds. The van der Waals surface area contributed by atoms with Crippen molar-refractivity contribution in [3.8, 4) is 0 Å². The van der Waals surface area contributed by atoms with Crippen LogP contribution in [0.1, 0.15) is 24.8 Å². The molecule has 4 nitrogen and oxygen atoms in total.